The first kappa shape index (κ1) is 35.0. The Balaban J connectivity index is 0.000000380. The van der Waals surface area contributed by atoms with Gasteiger partial charge >= 0.3 is 19.4 Å². The lowest BCUT2D eigenvalue weighted by molar-refractivity contribution is -0.104. The molecule has 0 amide bonds. The molecule has 0 saturated carbocycles. The van der Waals surface area contributed by atoms with Crippen LogP contribution in [0.1, 0.15) is 40.3 Å². The van der Waals surface area contributed by atoms with Crippen LogP contribution in [-0.4, -0.2) is 81.7 Å². The van der Waals surface area contributed by atoms with Crippen LogP contribution >= 0.6 is 13.4 Å². The van der Waals surface area contributed by atoms with Crippen LogP contribution in [0.5, 0.6) is 5.88 Å². The average Bonchev–Trinajstić information content (AvgIpc) is 2.90. The molecule has 12 nitrogen and oxygen atoms in total. The molecule has 2 rings (SSSR count). The Morgan fingerprint density at radius 2 is 1.42 bits per heavy atom. The van der Waals surface area contributed by atoms with E-state index in [1.54, 1.807) is 12.3 Å². The minimum Gasteiger partial charge on any atom is -0.405 e. The SMILES string of the molecule is CCN(CC)C1(OP(=S)(OC)OC)N=CC=C(C)N1.CCN(CC)c1nc(C)cc(OP(=S)(OC)OC)n1. The monoisotopic (exact) mass is 612 g/mol. The van der Waals surface area contributed by atoms with Crippen LogP contribution in [0.2, 0.25) is 0 Å². The van der Waals surface area contributed by atoms with Crippen molar-refractivity contribution in [1.29, 1.82) is 0 Å². The number of aryl methyl sites for hydroxylation is 1. The molecule has 1 N–H and O–H groups in total. The van der Waals surface area contributed by atoms with E-state index < -0.39 is 19.4 Å². The summed E-state index contributed by atoms with van der Waals surface area (Å²) in [6.07, 6.45) is 3.57. The van der Waals surface area contributed by atoms with Crippen molar-refractivity contribution in [1.82, 2.24) is 20.2 Å². The molecule has 0 bridgehead atoms. The summed E-state index contributed by atoms with van der Waals surface area (Å²) in [7, 11) is 5.89. The maximum Gasteiger partial charge on any atom is 0.381 e. The third-order valence-electron chi connectivity index (χ3n) is 5.33. The van der Waals surface area contributed by atoms with Gasteiger partial charge in [-0.05, 0) is 45.6 Å². The van der Waals surface area contributed by atoms with Gasteiger partial charge in [0.1, 0.15) is 0 Å². The number of aliphatic imine (C=N–C) groups is 1. The van der Waals surface area contributed by atoms with Crippen molar-refractivity contribution < 1.29 is 27.1 Å². The Bertz CT molecular complexity index is 1030. The second-order valence-electron chi connectivity index (χ2n) is 7.66. The molecule has 0 fully saturated rings. The minimum atomic E-state index is -2.83. The molecule has 1 unspecified atom stereocenters. The summed E-state index contributed by atoms with van der Waals surface area (Å²) in [5.74, 6) is -0.0700. The highest BCUT2D eigenvalue weighted by molar-refractivity contribution is 8.08. The smallest absolute Gasteiger partial charge is 0.381 e. The van der Waals surface area contributed by atoms with Crippen LogP contribution in [0.15, 0.2) is 22.8 Å². The number of rotatable bonds is 14. The second kappa shape index (κ2) is 16.3. The van der Waals surface area contributed by atoms with E-state index in [4.69, 9.17) is 50.8 Å². The van der Waals surface area contributed by atoms with Crippen molar-refractivity contribution in [3.05, 3.63) is 23.5 Å². The third-order valence-corrected chi connectivity index (χ3v) is 10.2. The van der Waals surface area contributed by atoms with Gasteiger partial charge in [0, 0.05) is 90.1 Å². The Morgan fingerprint density at radius 3 is 1.87 bits per heavy atom. The van der Waals surface area contributed by atoms with Crippen LogP contribution < -0.4 is 14.7 Å². The number of anilines is 1. The average molecular weight is 613 g/mol. The molecule has 16 heteroatoms. The molecule has 0 spiro atoms. The van der Waals surface area contributed by atoms with E-state index in [0.29, 0.717) is 11.8 Å². The van der Waals surface area contributed by atoms with Crippen LogP contribution in [-0.2, 0) is 46.2 Å². The number of nitrogens with zero attached hydrogens (tertiary/aromatic N) is 5. The number of aromatic nitrogens is 2. The van der Waals surface area contributed by atoms with Crippen molar-refractivity contribution in [3.8, 4) is 5.88 Å². The van der Waals surface area contributed by atoms with E-state index in [1.807, 2.05) is 57.4 Å². The van der Waals surface area contributed by atoms with Gasteiger partial charge < -0.3 is 32.8 Å². The Labute approximate surface area is 237 Å². The molecule has 0 aliphatic carbocycles. The molecule has 1 aromatic rings. The summed E-state index contributed by atoms with van der Waals surface area (Å²) in [6.45, 7) is 9.51. The summed E-state index contributed by atoms with van der Waals surface area (Å²) in [5, 5.41) is 3.22. The van der Waals surface area contributed by atoms with Crippen molar-refractivity contribution >= 4 is 49.2 Å². The zero-order valence-corrected chi connectivity index (χ0v) is 27.4. The van der Waals surface area contributed by atoms with E-state index in [1.165, 1.54) is 28.4 Å². The number of allylic oxidation sites excluding steroid dienone is 2. The van der Waals surface area contributed by atoms with Crippen LogP contribution in [0, 0.1) is 6.92 Å². The van der Waals surface area contributed by atoms with Crippen LogP contribution in [0.4, 0.5) is 5.95 Å². The molecule has 1 aliphatic rings. The first-order valence-corrected chi connectivity index (χ1v) is 17.2. The van der Waals surface area contributed by atoms with Gasteiger partial charge in [-0.1, -0.05) is 13.8 Å². The lowest BCUT2D eigenvalue weighted by Crippen LogP contribution is -2.59. The number of nitrogens with one attached hydrogen (secondary N) is 1. The highest BCUT2D eigenvalue weighted by Crippen LogP contribution is 2.52. The van der Waals surface area contributed by atoms with Crippen molar-refractivity contribution in [2.75, 3.05) is 59.5 Å². The minimum absolute atomic E-state index is 0.376. The van der Waals surface area contributed by atoms with Crippen LogP contribution in [0.25, 0.3) is 0 Å². The second-order valence-corrected chi connectivity index (χ2v) is 14.0. The number of hydrogen-bond donors (Lipinski definition) is 1. The van der Waals surface area contributed by atoms with Gasteiger partial charge in [-0.25, -0.2) is 19.4 Å². The predicted octanol–water partition coefficient (Wildman–Crippen LogP) is 4.58. The van der Waals surface area contributed by atoms with Gasteiger partial charge in [0.15, 0.2) is 0 Å². The Kier molecular flexibility index (Phi) is 15.0. The summed E-state index contributed by atoms with van der Waals surface area (Å²) >= 11 is 10.5. The first-order chi connectivity index (χ1) is 17.9. The fraction of sp³-hybridized carbons (Fsp3) is 0.682. The van der Waals surface area contributed by atoms with Gasteiger partial charge in [0.2, 0.25) is 11.8 Å². The molecule has 0 radical (unpaired) electrons. The molecule has 1 aromatic heterocycles. The largest absolute Gasteiger partial charge is 0.405 e. The number of hydrogen-bond acceptors (Lipinski definition) is 14. The quantitative estimate of drug-likeness (QED) is 0.234. The molecule has 0 saturated heterocycles. The standard InChI is InChI=1S/C11H22N3O3PS.C11H20N3O3PS/c1-6-14(7-2)11(12-9-8-10(3)13-11)17-18(19,15-4)16-5;1-6-14(7-2)11-12-9(3)8-10(13-11)17-18(19,15-4)16-5/h8-9,13H,6-7H2,1-5H3;8H,6-7H2,1-5H3. The van der Waals surface area contributed by atoms with E-state index >= 15 is 0 Å². The molecule has 1 aliphatic heterocycles. The maximum atomic E-state index is 5.94. The Hall–Kier alpha value is -1.05. The summed E-state index contributed by atoms with van der Waals surface area (Å²) < 4.78 is 32.1. The molecule has 38 heavy (non-hydrogen) atoms. The van der Waals surface area contributed by atoms with Crippen molar-refractivity contribution in [3.63, 3.8) is 0 Å². The molecule has 0 aromatic carbocycles. The van der Waals surface area contributed by atoms with Gasteiger partial charge in [-0.2, -0.15) is 4.98 Å². The van der Waals surface area contributed by atoms with Gasteiger partial charge in [-0.15, -0.1) is 0 Å². The molecule has 2 heterocycles. The fourth-order valence-corrected chi connectivity index (χ4v) is 5.27. The predicted molar refractivity (Wildman–Crippen MR) is 160 cm³/mol. The normalized spacial score (nSPS) is 17.4. The fourth-order valence-electron chi connectivity index (χ4n) is 3.29. The zero-order valence-electron chi connectivity index (χ0n) is 24.0. The molecule has 1 atom stereocenters. The van der Waals surface area contributed by atoms with E-state index in [-0.39, 0.29) is 0 Å². The van der Waals surface area contributed by atoms with Gasteiger partial charge in [0.25, 0.3) is 0 Å². The Morgan fingerprint density at radius 1 is 0.868 bits per heavy atom. The van der Waals surface area contributed by atoms with E-state index in [0.717, 1.165) is 37.6 Å². The molecule has 218 valence electrons. The highest BCUT2D eigenvalue weighted by atomic mass is 32.5. The lowest BCUT2D eigenvalue weighted by atomic mass is 10.3. The summed E-state index contributed by atoms with van der Waals surface area (Å²) in [4.78, 5) is 17.2. The first-order valence-electron chi connectivity index (χ1n) is 12.1. The van der Waals surface area contributed by atoms with E-state index in [2.05, 4.69) is 20.3 Å². The zero-order chi connectivity index (χ0) is 29.0. The lowest BCUT2D eigenvalue weighted by Gasteiger charge is -2.42. The molecular weight excluding hydrogens is 570 g/mol. The van der Waals surface area contributed by atoms with E-state index in [9.17, 15) is 0 Å². The van der Waals surface area contributed by atoms with Crippen molar-refractivity contribution in [2.24, 2.45) is 4.99 Å². The molecular formula is C22H42N6O6P2S2. The maximum absolute atomic E-state index is 5.94. The summed E-state index contributed by atoms with van der Waals surface area (Å²) in [6, 6.07) is 1.71. The summed E-state index contributed by atoms with van der Waals surface area (Å²) in [5.41, 5.74) is 1.75. The van der Waals surface area contributed by atoms with Gasteiger partial charge in [-0.3, -0.25) is 0 Å². The van der Waals surface area contributed by atoms with Crippen LogP contribution in [0.3, 0.4) is 0 Å². The van der Waals surface area contributed by atoms with Gasteiger partial charge in [0.05, 0.1) is 0 Å². The highest BCUT2D eigenvalue weighted by Gasteiger charge is 2.43. The topological polar surface area (TPSA) is 112 Å². The third kappa shape index (κ3) is 9.85. The van der Waals surface area contributed by atoms with Crippen molar-refractivity contribution in [2.45, 2.75) is 47.5 Å².